The van der Waals surface area contributed by atoms with Gasteiger partial charge in [0, 0.05) is 8.35 Å². The fraction of sp³-hybridized carbons (Fsp3) is 0.857. The molecule has 0 spiro atoms. The molecule has 0 unspecified atom stereocenters. The van der Waals surface area contributed by atoms with Crippen molar-refractivity contribution in [2.24, 2.45) is 5.41 Å². The highest BCUT2D eigenvalue weighted by atomic mass is 16.5. The number of rotatable bonds is 9. The van der Waals surface area contributed by atoms with Crippen LogP contribution in [0.4, 0.5) is 0 Å². The van der Waals surface area contributed by atoms with Crippen molar-refractivity contribution in [3.63, 3.8) is 0 Å². The molecule has 0 fully saturated rings. The van der Waals surface area contributed by atoms with E-state index < -0.39 is 0 Å². The molecule has 4 heteroatoms. The SMILES string of the molecule is CCC(C)(C)CCCCCOC(=O)CNC(C)=O.[HH]. The molecule has 0 aromatic rings. The smallest absolute Gasteiger partial charge is 0.325 e. The van der Waals surface area contributed by atoms with Crippen molar-refractivity contribution < 1.29 is 15.8 Å². The minimum atomic E-state index is -0.362. The molecule has 0 aromatic carbocycles. The maximum absolute atomic E-state index is 11.1. The fourth-order valence-corrected chi connectivity index (χ4v) is 1.49. The van der Waals surface area contributed by atoms with Gasteiger partial charge in [-0.25, -0.2) is 0 Å². The molecule has 0 aliphatic carbocycles. The van der Waals surface area contributed by atoms with E-state index in [1.807, 2.05) is 0 Å². The summed E-state index contributed by atoms with van der Waals surface area (Å²) >= 11 is 0. The molecule has 0 aliphatic heterocycles. The topological polar surface area (TPSA) is 55.4 Å². The van der Waals surface area contributed by atoms with Gasteiger partial charge in [0.05, 0.1) is 6.61 Å². The Morgan fingerprint density at radius 1 is 1.22 bits per heavy atom. The largest absolute Gasteiger partial charge is 0.464 e. The van der Waals surface area contributed by atoms with Gasteiger partial charge < -0.3 is 10.1 Å². The van der Waals surface area contributed by atoms with E-state index in [0.717, 1.165) is 12.8 Å². The second kappa shape index (κ2) is 8.95. The van der Waals surface area contributed by atoms with Crippen LogP contribution in [0.5, 0.6) is 0 Å². The number of hydrogen-bond acceptors (Lipinski definition) is 3. The quantitative estimate of drug-likeness (QED) is 0.511. The first-order valence-corrected chi connectivity index (χ1v) is 6.77. The van der Waals surface area contributed by atoms with Gasteiger partial charge in [-0.3, -0.25) is 9.59 Å². The maximum atomic E-state index is 11.1. The zero-order valence-corrected chi connectivity index (χ0v) is 12.2. The summed E-state index contributed by atoms with van der Waals surface area (Å²) in [5.41, 5.74) is 0.419. The van der Waals surface area contributed by atoms with Gasteiger partial charge in [0.25, 0.3) is 0 Å². The summed E-state index contributed by atoms with van der Waals surface area (Å²) in [6.07, 6.45) is 5.55. The summed E-state index contributed by atoms with van der Waals surface area (Å²) in [6, 6.07) is 0. The van der Waals surface area contributed by atoms with Crippen molar-refractivity contribution in [1.29, 1.82) is 0 Å². The van der Waals surface area contributed by atoms with Crippen LogP contribution >= 0.6 is 0 Å². The number of carbonyl (C=O) groups excluding carboxylic acids is 2. The van der Waals surface area contributed by atoms with E-state index in [4.69, 9.17) is 4.74 Å². The van der Waals surface area contributed by atoms with Crippen molar-refractivity contribution in [3.05, 3.63) is 0 Å². The number of carbonyl (C=O) groups is 2. The average molecular weight is 259 g/mol. The molecule has 1 N–H and O–H groups in total. The molecule has 0 bridgehead atoms. The average Bonchev–Trinajstić information content (AvgIpc) is 2.31. The predicted molar refractivity (Wildman–Crippen MR) is 74.3 cm³/mol. The van der Waals surface area contributed by atoms with Crippen LogP contribution in [-0.4, -0.2) is 25.0 Å². The highest BCUT2D eigenvalue weighted by Gasteiger charge is 2.13. The molecule has 0 rings (SSSR count). The van der Waals surface area contributed by atoms with Gasteiger partial charge in [-0.15, -0.1) is 0 Å². The predicted octanol–water partition coefficient (Wildman–Crippen LogP) is 2.91. The zero-order chi connectivity index (χ0) is 14.0. The molecular formula is C14H29NO3. The van der Waals surface area contributed by atoms with Gasteiger partial charge in [-0.2, -0.15) is 0 Å². The molecule has 0 heterocycles. The Kier molecular flexibility index (Phi) is 8.42. The molecule has 0 aromatic heterocycles. The van der Waals surface area contributed by atoms with Gasteiger partial charge in [-0.05, 0) is 18.3 Å². The van der Waals surface area contributed by atoms with Crippen LogP contribution in [0.15, 0.2) is 0 Å². The normalized spacial score (nSPS) is 11.1. The molecule has 0 saturated heterocycles. The van der Waals surface area contributed by atoms with Crippen LogP contribution in [0, 0.1) is 5.41 Å². The number of nitrogens with one attached hydrogen (secondary N) is 1. The monoisotopic (exact) mass is 259 g/mol. The van der Waals surface area contributed by atoms with Crippen molar-refractivity contribution >= 4 is 11.9 Å². The van der Waals surface area contributed by atoms with Gasteiger partial charge in [0.1, 0.15) is 6.54 Å². The van der Waals surface area contributed by atoms with E-state index in [2.05, 4.69) is 26.1 Å². The minimum Gasteiger partial charge on any atom is -0.464 e. The molecule has 1 amide bonds. The molecular weight excluding hydrogens is 230 g/mol. The number of amides is 1. The van der Waals surface area contributed by atoms with Crippen LogP contribution in [0.3, 0.4) is 0 Å². The highest BCUT2D eigenvalue weighted by molar-refractivity contribution is 5.80. The lowest BCUT2D eigenvalue weighted by Gasteiger charge is -2.22. The zero-order valence-electron chi connectivity index (χ0n) is 12.2. The Balaban J connectivity index is 0. The Bertz CT molecular complexity index is 267. The number of unbranched alkanes of at least 4 members (excludes halogenated alkanes) is 2. The van der Waals surface area contributed by atoms with Crippen LogP contribution in [0.2, 0.25) is 0 Å². The Hall–Kier alpha value is -1.06. The third-order valence-corrected chi connectivity index (χ3v) is 3.20. The second-order valence-electron chi connectivity index (χ2n) is 5.46. The van der Waals surface area contributed by atoms with Crippen LogP contribution in [0.1, 0.15) is 61.2 Å². The van der Waals surface area contributed by atoms with Crippen LogP contribution in [-0.2, 0) is 14.3 Å². The molecule has 0 atom stereocenters. The van der Waals surface area contributed by atoms with Crippen molar-refractivity contribution in [2.45, 2.75) is 59.8 Å². The third kappa shape index (κ3) is 10.1. The van der Waals surface area contributed by atoms with Crippen molar-refractivity contribution in [1.82, 2.24) is 5.32 Å². The third-order valence-electron chi connectivity index (χ3n) is 3.20. The Morgan fingerprint density at radius 2 is 1.89 bits per heavy atom. The second-order valence-corrected chi connectivity index (χ2v) is 5.46. The first-order valence-electron chi connectivity index (χ1n) is 6.77. The molecule has 108 valence electrons. The lowest BCUT2D eigenvalue weighted by atomic mass is 9.84. The fourth-order valence-electron chi connectivity index (χ4n) is 1.49. The Morgan fingerprint density at radius 3 is 2.44 bits per heavy atom. The summed E-state index contributed by atoms with van der Waals surface area (Å²) < 4.78 is 5.00. The van der Waals surface area contributed by atoms with Crippen LogP contribution in [0.25, 0.3) is 0 Å². The van der Waals surface area contributed by atoms with Gasteiger partial charge in [0.2, 0.25) is 5.91 Å². The standard InChI is InChI=1S/C14H27NO3.H2/c1-5-14(3,4)9-7-6-8-10-18-13(17)11-15-12(2)16;/h5-11H2,1-4H3,(H,15,16);1H. The summed E-state index contributed by atoms with van der Waals surface area (Å²) in [5, 5.41) is 2.41. The van der Waals surface area contributed by atoms with E-state index in [1.54, 1.807) is 0 Å². The number of ether oxygens (including phenoxy) is 1. The molecule has 0 radical (unpaired) electrons. The van der Waals surface area contributed by atoms with Crippen LogP contribution < -0.4 is 5.32 Å². The summed E-state index contributed by atoms with van der Waals surface area (Å²) in [6.45, 7) is 8.57. The first-order chi connectivity index (χ1) is 8.37. The molecule has 18 heavy (non-hydrogen) atoms. The van der Waals surface area contributed by atoms with E-state index in [-0.39, 0.29) is 19.8 Å². The van der Waals surface area contributed by atoms with E-state index in [9.17, 15) is 9.59 Å². The van der Waals surface area contributed by atoms with Crippen molar-refractivity contribution in [3.8, 4) is 0 Å². The van der Waals surface area contributed by atoms with E-state index >= 15 is 0 Å². The summed E-state index contributed by atoms with van der Waals surface area (Å²) in [5.74, 6) is -0.576. The summed E-state index contributed by atoms with van der Waals surface area (Å²) in [4.78, 5) is 21.7. The summed E-state index contributed by atoms with van der Waals surface area (Å²) in [7, 11) is 0. The molecule has 0 saturated carbocycles. The van der Waals surface area contributed by atoms with Crippen molar-refractivity contribution in [2.75, 3.05) is 13.2 Å². The van der Waals surface area contributed by atoms with Gasteiger partial charge >= 0.3 is 5.97 Å². The first kappa shape index (κ1) is 16.9. The van der Waals surface area contributed by atoms with E-state index in [1.165, 1.54) is 26.2 Å². The lowest BCUT2D eigenvalue weighted by Crippen LogP contribution is -2.28. The lowest BCUT2D eigenvalue weighted by molar-refractivity contribution is -0.143. The molecule has 4 nitrogen and oxygen atoms in total. The Labute approximate surface area is 112 Å². The van der Waals surface area contributed by atoms with E-state index in [0.29, 0.717) is 12.0 Å². The number of hydrogen-bond donors (Lipinski definition) is 1. The minimum absolute atomic E-state index is 0. The number of esters is 1. The highest BCUT2D eigenvalue weighted by Crippen LogP contribution is 2.26. The maximum Gasteiger partial charge on any atom is 0.325 e. The molecule has 0 aliphatic rings. The van der Waals surface area contributed by atoms with Gasteiger partial charge in [-0.1, -0.05) is 40.0 Å². The van der Waals surface area contributed by atoms with Gasteiger partial charge in [0.15, 0.2) is 0 Å².